The van der Waals surface area contributed by atoms with E-state index in [1.807, 2.05) is 0 Å². The molecule has 1 fully saturated rings. The summed E-state index contributed by atoms with van der Waals surface area (Å²) in [7, 11) is -3.66. The molecule has 0 radical (unpaired) electrons. The molecule has 1 aromatic rings. The number of piperidine rings is 1. The van der Waals surface area contributed by atoms with Crippen molar-refractivity contribution in [1.82, 2.24) is 20.2 Å². The van der Waals surface area contributed by atoms with Crippen molar-refractivity contribution in [2.24, 2.45) is 5.92 Å². The molecule has 1 aliphatic heterocycles. The number of anilines is 1. The maximum atomic E-state index is 12.0. The highest BCUT2D eigenvalue weighted by molar-refractivity contribution is 7.91. The van der Waals surface area contributed by atoms with E-state index in [0.717, 1.165) is 37.3 Å². The van der Waals surface area contributed by atoms with Gasteiger partial charge in [0.1, 0.15) is 0 Å². The lowest BCUT2D eigenvalue weighted by atomic mass is 10.0. The predicted molar refractivity (Wildman–Crippen MR) is 75.0 cm³/mol. The molecular formula is C10H17N5O3S2. The minimum Gasteiger partial charge on any atom is -0.316 e. The molecule has 1 atom stereocenters. The zero-order chi connectivity index (χ0) is 14.6. The number of nitrogens with zero attached hydrogens (tertiary/aromatic N) is 2. The Kier molecular flexibility index (Phi) is 5.02. The average molecular weight is 319 g/mol. The first kappa shape index (κ1) is 15.3. The van der Waals surface area contributed by atoms with Crippen LogP contribution in [0.1, 0.15) is 19.8 Å². The second-order valence-corrected chi connectivity index (χ2v) is 7.54. The lowest BCUT2D eigenvalue weighted by molar-refractivity contribution is -0.114. The molecule has 20 heavy (non-hydrogen) atoms. The number of rotatable bonds is 5. The Labute approximate surface area is 121 Å². The summed E-state index contributed by atoms with van der Waals surface area (Å²) in [6, 6.07) is 0. The fraction of sp³-hybridized carbons (Fsp3) is 0.700. The second-order valence-electron chi connectivity index (χ2n) is 4.62. The number of carbonyl (C=O) groups is 1. The van der Waals surface area contributed by atoms with Crippen LogP contribution in [0, 0.1) is 5.92 Å². The zero-order valence-corrected chi connectivity index (χ0v) is 12.7. The first-order chi connectivity index (χ1) is 9.47. The molecule has 0 saturated carbocycles. The minimum absolute atomic E-state index is 0.134. The molecule has 112 valence electrons. The van der Waals surface area contributed by atoms with Crippen molar-refractivity contribution < 1.29 is 13.2 Å². The van der Waals surface area contributed by atoms with Crippen LogP contribution in [0.15, 0.2) is 4.34 Å². The van der Waals surface area contributed by atoms with Crippen molar-refractivity contribution in [1.29, 1.82) is 0 Å². The second kappa shape index (κ2) is 6.57. The van der Waals surface area contributed by atoms with Gasteiger partial charge in [-0.25, -0.2) is 13.1 Å². The fourth-order valence-electron chi connectivity index (χ4n) is 1.91. The van der Waals surface area contributed by atoms with Gasteiger partial charge in [0, 0.05) is 13.5 Å². The van der Waals surface area contributed by atoms with Gasteiger partial charge < -0.3 is 10.6 Å². The van der Waals surface area contributed by atoms with Gasteiger partial charge in [-0.3, -0.25) is 4.79 Å². The number of carbonyl (C=O) groups excluding carboxylic acids is 1. The Balaban J connectivity index is 1.95. The third-order valence-electron chi connectivity index (χ3n) is 2.88. The van der Waals surface area contributed by atoms with Crippen LogP contribution in [0.3, 0.4) is 0 Å². The highest BCUT2D eigenvalue weighted by atomic mass is 32.2. The number of amides is 1. The third-order valence-corrected chi connectivity index (χ3v) is 5.51. The Bertz CT molecular complexity index is 565. The van der Waals surface area contributed by atoms with Gasteiger partial charge in [0.2, 0.25) is 15.4 Å². The Morgan fingerprint density at radius 2 is 2.30 bits per heavy atom. The summed E-state index contributed by atoms with van der Waals surface area (Å²) in [6.07, 6.45) is 2.06. The van der Waals surface area contributed by atoms with Gasteiger partial charge in [0.15, 0.2) is 0 Å². The largest absolute Gasteiger partial charge is 0.316 e. The summed E-state index contributed by atoms with van der Waals surface area (Å²) in [5.41, 5.74) is 0. The molecule has 0 spiro atoms. The molecule has 1 amide bonds. The van der Waals surface area contributed by atoms with Crippen LogP contribution in [-0.2, 0) is 14.8 Å². The summed E-state index contributed by atoms with van der Waals surface area (Å²) in [5.74, 6) is -0.0207. The van der Waals surface area contributed by atoms with Gasteiger partial charge in [-0.1, -0.05) is 11.3 Å². The fourth-order valence-corrected chi connectivity index (χ4v) is 4.01. The van der Waals surface area contributed by atoms with E-state index in [-0.39, 0.29) is 15.4 Å². The van der Waals surface area contributed by atoms with Gasteiger partial charge in [-0.15, -0.1) is 10.2 Å². The van der Waals surface area contributed by atoms with Crippen LogP contribution < -0.4 is 15.4 Å². The maximum absolute atomic E-state index is 12.0. The van der Waals surface area contributed by atoms with Crippen LogP contribution in [0.25, 0.3) is 0 Å². The van der Waals surface area contributed by atoms with E-state index in [1.165, 1.54) is 6.92 Å². The lowest BCUT2D eigenvalue weighted by Gasteiger charge is -2.22. The van der Waals surface area contributed by atoms with E-state index in [4.69, 9.17) is 0 Å². The summed E-state index contributed by atoms with van der Waals surface area (Å²) in [4.78, 5) is 10.9. The summed E-state index contributed by atoms with van der Waals surface area (Å²) < 4.78 is 26.5. The predicted octanol–water partition coefficient (Wildman–Crippen LogP) is -0.226. The third kappa shape index (κ3) is 4.20. The van der Waals surface area contributed by atoms with Crippen molar-refractivity contribution in [3.8, 4) is 0 Å². The molecule has 2 rings (SSSR count). The van der Waals surface area contributed by atoms with Gasteiger partial charge in [0.05, 0.1) is 0 Å². The van der Waals surface area contributed by atoms with E-state index in [2.05, 4.69) is 25.6 Å². The summed E-state index contributed by atoms with van der Waals surface area (Å²) in [5, 5.41) is 13.0. The normalized spacial score (nSPS) is 19.8. The smallest absolute Gasteiger partial charge is 0.269 e. The Hall–Kier alpha value is -1.10. The van der Waals surface area contributed by atoms with E-state index in [0.29, 0.717) is 12.5 Å². The van der Waals surface area contributed by atoms with E-state index >= 15 is 0 Å². The number of aromatic nitrogens is 2. The molecule has 10 heteroatoms. The maximum Gasteiger partial charge on any atom is 0.269 e. The molecule has 0 bridgehead atoms. The Morgan fingerprint density at radius 1 is 1.50 bits per heavy atom. The van der Waals surface area contributed by atoms with E-state index in [1.54, 1.807) is 0 Å². The van der Waals surface area contributed by atoms with Crippen molar-refractivity contribution in [2.45, 2.75) is 24.1 Å². The molecule has 0 aromatic carbocycles. The van der Waals surface area contributed by atoms with Crippen molar-refractivity contribution >= 4 is 32.4 Å². The standard InChI is InChI=1S/C10H17N5O3S2/c1-7(16)13-9-14-15-10(19-9)20(17,18)12-6-8-3-2-4-11-5-8/h8,11-12H,2-6H2,1H3,(H,13,14,16). The highest BCUT2D eigenvalue weighted by Gasteiger charge is 2.22. The molecule has 2 heterocycles. The van der Waals surface area contributed by atoms with Crippen LogP contribution >= 0.6 is 11.3 Å². The highest BCUT2D eigenvalue weighted by Crippen LogP contribution is 2.20. The van der Waals surface area contributed by atoms with Gasteiger partial charge in [-0.05, 0) is 31.8 Å². The van der Waals surface area contributed by atoms with Crippen molar-refractivity contribution in [3.05, 3.63) is 0 Å². The molecule has 8 nitrogen and oxygen atoms in total. The molecule has 1 aromatic heterocycles. The summed E-state index contributed by atoms with van der Waals surface area (Å²) in [6.45, 7) is 3.50. The van der Waals surface area contributed by atoms with Gasteiger partial charge in [0.25, 0.3) is 10.0 Å². The first-order valence-electron chi connectivity index (χ1n) is 6.29. The zero-order valence-electron chi connectivity index (χ0n) is 11.0. The SMILES string of the molecule is CC(=O)Nc1nnc(S(=O)(=O)NCC2CCCNC2)s1. The van der Waals surface area contributed by atoms with Crippen molar-refractivity contribution in [3.63, 3.8) is 0 Å². The lowest BCUT2D eigenvalue weighted by Crippen LogP contribution is -2.38. The average Bonchev–Trinajstić information content (AvgIpc) is 2.86. The van der Waals surface area contributed by atoms with E-state index < -0.39 is 10.0 Å². The molecule has 1 unspecified atom stereocenters. The molecular weight excluding hydrogens is 302 g/mol. The number of nitrogens with one attached hydrogen (secondary N) is 3. The van der Waals surface area contributed by atoms with Crippen molar-refractivity contribution in [2.75, 3.05) is 25.0 Å². The summed E-state index contributed by atoms with van der Waals surface area (Å²) >= 11 is 0.835. The van der Waals surface area contributed by atoms with E-state index in [9.17, 15) is 13.2 Å². The molecule has 1 saturated heterocycles. The molecule has 3 N–H and O–H groups in total. The van der Waals surface area contributed by atoms with Crippen LogP contribution in [0.5, 0.6) is 0 Å². The number of sulfonamides is 1. The van der Waals surface area contributed by atoms with Gasteiger partial charge >= 0.3 is 0 Å². The quantitative estimate of drug-likeness (QED) is 0.646. The number of hydrogen-bond donors (Lipinski definition) is 3. The first-order valence-corrected chi connectivity index (χ1v) is 8.59. The topological polar surface area (TPSA) is 113 Å². The minimum atomic E-state index is -3.66. The Morgan fingerprint density at radius 3 is 2.95 bits per heavy atom. The number of hydrogen-bond acceptors (Lipinski definition) is 7. The van der Waals surface area contributed by atoms with Gasteiger partial charge in [-0.2, -0.15) is 0 Å². The monoisotopic (exact) mass is 319 g/mol. The van der Waals surface area contributed by atoms with Crippen LogP contribution in [0.2, 0.25) is 0 Å². The van der Waals surface area contributed by atoms with Crippen LogP contribution in [-0.4, -0.2) is 44.2 Å². The van der Waals surface area contributed by atoms with Crippen LogP contribution in [0.4, 0.5) is 5.13 Å². The molecule has 0 aliphatic carbocycles. The molecule has 1 aliphatic rings.